The van der Waals surface area contributed by atoms with E-state index in [2.05, 4.69) is 15.5 Å². The van der Waals surface area contributed by atoms with E-state index in [1.165, 1.54) is 0 Å². The van der Waals surface area contributed by atoms with E-state index in [4.69, 9.17) is 4.74 Å². The van der Waals surface area contributed by atoms with Gasteiger partial charge in [-0.05, 0) is 44.5 Å². The molecule has 1 aliphatic carbocycles. The van der Waals surface area contributed by atoms with Gasteiger partial charge in [0.25, 0.3) is 0 Å². The first-order valence-corrected chi connectivity index (χ1v) is 10.3. The molecule has 3 aliphatic rings. The highest BCUT2D eigenvalue weighted by atomic mass is 19.1. The number of alkyl halides is 1. The minimum atomic E-state index is -0.836. The normalized spacial score (nSPS) is 25.6. The highest BCUT2D eigenvalue weighted by molar-refractivity contribution is 5.73. The molecule has 1 aromatic heterocycles. The van der Waals surface area contributed by atoms with Crippen LogP contribution in [0.25, 0.3) is 11.3 Å². The van der Waals surface area contributed by atoms with Gasteiger partial charge in [-0.25, -0.2) is 4.39 Å². The van der Waals surface area contributed by atoms with Gasteiger partial charge in [-0.1, -0.05) is 6.07 Å². The Kier molecular flexibility index (Phi) is 4.47. The standard InChI is InChI=1S/C22H27FN4O2/c1-13-3-4-16(19(28)7-13)20-18-12-29-22(5-6-22)9-17(18)21(26-25-20)24-15-8-14(23)10-27(2)11-15/h3-4,7,14-15,28H,5-6,8-12H2,1-2H3,(H,24,26)/t14-,15-/m1/s1. The highest BCUT2D eigenvalue weighted by Gasteiger charge is 2.48. The van der Waals surface area contributed by atoms with Gasteiger partial charge < -0.3 is 20.1 Å². The number of halogens is 1. The number of anilines is 1. The van der Waals surface area contributed by atoms with Crippen LogP contribution in [-0.4, -0.2) is 58.2 Å². The van der Waals surface area contributed by atoms with Gasteiger partial charge in [-0.3, -0.25) is 0 Å². The minimum Gasteiger partial charge on any atom is -0.507 e. The molecule has 0 radical (unpaired) electrons. The Morgan fingerprint density at radius 1 is 1.24 bits per heavy atom. The topological polar surface area (TPSA) is 70.5 Å². The fourth-order valence-electron chi connectivity index (χ4n) is 4.63. The molecule has 1 spiro atoms. The SMILES string of the molecule is Cc1ccc(-c2nnc(N[C@@H]3C[C@@H](F)CN(C)C3)c3c2COC2(CC2)C3)c(O)c1. The Morgan fingerprint density at radius 2 is 2.07 bits per heavy atom. The maximum atomic E-state index is 14.1. The summed E-state index contributed by atoms with van der Waals surface area (Å²) in [7, 11) is 1.94. The second-order valence-corrected chi connectivity index (χ2v) is 8.92. The molecule has 2 N–H and O–H groups in total. The molecule has 0 bridgehead atoms. The van der Waals surface area contributed by atoms with Gasteiger partial charge in [0.05, 0.1) is 12.2 Å². The number of ether oxygens (including phenoxy) is 1. The van der Waals surface area contributed by atoms with Crippen molar-refractivity contribution in [1.82, 2.24) is 15.1 Å². The molecular weight excluding hydrogens is 371 g/mol. The van der Waals surface area contributed by atoms with Crippen LogP contribution in [0.1, 0.15) is 36.0 Å². The zero-order valence-electron chi connectivity index (χ0n) is 16.9. The lowest BCUT2D eigenvalue weighted by Crippen LogP contribution is -2.45. The largest absolute Gasteiger partial charge is 0.507 e. The van der Waals surface area contributed by atoms with Crippen molar-refractivity contribution in [2.75, 3.05) is 25.5 Å². The van der Waals surface area contributed by atoms with Gasteiger partial charge >= 0.3 is 0 Å². The molecule has 0 unspecified atom stereocenters. The van der Waals surface area contributed by atoms with Gasteiger partial charge in [0.2, 0.25) is 0 Å². The molecule has 2 aliphatic heterocycles. The number of nitrogens with zero attached hydrogens (tertiary/aromatic N) is 3. The van der Waals surface area contributed by atoms with Crippen molar-refractivity contribution in [1.29, 1.82) is 0 Å². The number of likely N-dealkylation sites (tertiary alicyclic amines) is 1. The Bertz CT molecular complexity index is 937. The average molecular weight is 398 g/mol. The fraction of sp³-hybridized carbons (Fsp3) is 0.545. The number of aromatic nitrogens is 2. The Hall–Kier alpha value is -2.25. The molecule has 1 saturated heterocycles. The van der Waals surface area contributed by atoms with E-state index < -0.39 is 6.17 Å². The van der Waals surface area contributed by atoms with E-state index in [0.717, 1.165) is 48.3 Å². The summed E-state index contributed by atoms with van der Waals surface area (Å²) >= 11 is 0. The molecule has 2 aromatic rings. The zero-order chi connectivity index (χ0) is 20.2. The van der Waals surface area contributed by atoms with Gasteiger partial charge in [-0.15, -0.1) is 10.2 Å². The third-order valence-corrected chi connectivity index (χ3v) is 6.35. The summed E-state index contributed by atoms with van der Waals surface area (Å²) in [6.45, 7) is 3.65. The van der Waals surface area contributed by atoms with Crippen LogP contribution in [0, 0.1) is 6.92 Å². The van der Waals surface area contributed by atoms with E-state index in [-0.39, 0.29) is 17.4 Å². The van der Waals surface area contributed by atoms with Crippen LogP contribution >= 0.6 is 0 Å². The van der Waals surface area contributed by atoms with Gasteiger partial charge in [-0.2, -0.15) is 0 Å². The molecule has 2 atom stereocenters. The molecule has 6 nitrogen and oxygen atoms in total. The second kappa shape index (κ2) is 6.92. The van der Waals surface area contributed by atoms with Crippen molar-refractivity contribution >= 4 is 5.82 Å². The number of fused-ring (bicyclic) bond motifs is 1. The summed E-state index contributed by atoms with van der Waals surface area (Å²) < 4.78 is 20.2. The Balaban J connectivity index is 1.53. The van der Waals surface area contributed by atoms with Crippen LogP contribution in [0.4, 0.5) is 10.2 Å². The third-order valence-electron chi connectivity index (χ3n) is 6.35. The van der Waals surface area contributed by atoms with Crippen molar-refractivity contribution in [3.8, 4) is 17.0 Å². The predicted molar refractivity (Wildman–Crippen MR) is 109 cm³/mol. The number of hydrogen-bond donors (Lipinski definition) is 2. The summed E-state index contributed by atoms with van der Waals surface area (Å²) in [5.41, 5.74) is 4.32. The number of phenolic OH excluding ortho intramolecular Hbond substituents is 1. The van der Waals surface area contributed by atoms with Crippen molar-refractivity contribution in [3.63, 3.8) is 0 Å². The van der Waals surface area contributed by atoms with Crippen LogP contribution in [0.2, 0.25) is 0 Å². The number of phenols is 1. The van der Waals surface area contributed by atoms with E-state index in [9.17, 15) is 9.50 Å². The molecule has 7 heteroatoms. The quantitative estimate of drug-likeness (QED) is 0.827. The lowest BCUT2D eigenvalue weighted by Gasteiger charge is -2.34. The molecule has 29 heavy (non-hydrogen) atoms. The summed E-state index contributed by atoms with van der Waals surface area (Å²) in [5, 5.41) is 22.9. The van der Waals surface area contributed by atoms with Crippen LogP contribution in [0.3, 0.4) is 0 Å². The summed E-state index contributed by atoms with van der Waals surface area (Å²) in [5.74, 6) is 0.931. The summed E-state index contributed by atoms with van der Waals surface area (Å²) in [6, 6.07) is 5.58. The lowest BCUT2D eigenvalue weighted by molar-refractivity contribution is 0.00827. The van der Waals surface area contributed by atoms with Crippen LogP contribution in [0.5, 0.6) is 5.75 Å². The third kappa shape index (κ3) is 3.57. The van der Waals surface area contributed by atoms with Crippen LogP contribution < -0.4 is 5.32 Å². The molecule has 3 heterocycles. The van der Waals surface area contributed by atoms with Gasteiger partial charge in [0.15, 0.2) is 5.82 Å². The highest BCUT2D eigenvalue weighted by Crippen LogP contribution is 2.49. The maximum Gasteiger partial charge on any atom is 0.152 e. The van der Waals surface area contributed by atoms with Crippen molar-refractivity contribution in [2.24, 2.45) is 0 Å². The average Bonchev–Trinajstić information content (AvgIpc) is 3.40. The van der Waals surface area contributed by atoms with Crippen molar-refractivity contribution < 1.29 is 14.2 Å². The Labute approximate surface area is 170 Å². The number of nitrogens with one attached hydrogen (secondary N) is 1. The van der Waals surface area contributed by atoms with Crippen LogP contribution in [0.15, 0.2) is 18.2 Å². The smallest absolute Gasteiger partial charge is 0.152 e. The van der Waals surface area contributed by atoms with E-state index >= 15 is 0 Å². The molecular formula is C22H27FN4O2. The van der Waals surface area contributed by atoms with Crippen molar-refractivity contribution in [2.45, 2.75) is 57.0 Å². The number of aryl methyl sites for hydroxylation is 1. The van der Waals surface area contributed by atoms with Gasteiger partial charge in [0.1, 0.15) is 17.6 Å². The first-order valence-electron chi connectivity index (χ1n) is 10.3. The summed E-state index contributed by atoms with van der Waals surface area (Å²) in [6.07, 6.45) is 2.53. The number of likely N-dealkylation sites (N-methyl/N-ethyl adjacent to an activating group) is 1. The van der Waals surface area contributed by atoms with E-state index in [1.54, 1.807) is 6.07 Å². The molecule has 2 fully saturated rings. The predicted octanol–water partition coefficient (Wildman–Crippen LogP) is 3.22. The van der Waals surface area contributed by atoms with Gasteiger partial charge in [0, 0.05) is 48.7 Å². The van der Waals surface area contributed by atoms with Crippen LogP contribution in [-0.2, 0) is 17.8 Å². The number of aromatic hydroxyl groups is 1. The number of rotatable bonds is 3. The van der Waals surface area contributed by atoms with E-state index in [1.807, 2.05) is 31.0 Å². The minimum absolute atomic E-state index is 0.00113. The fourth-order valence-corrected chi connectivity index (χ4v) is 4.63. The lowest BCUT2D eigenvalue weighted by atomic mass is 9.93. The zero-order valence-corrected chi connectivity index (χ0v) is 16.9. The van der Waals surface area contributed by atoms with Crippen molar-refractivity contribution in [3.05, 3.63) is 34.9 Å². The summed E-state index contributed by atoms with van der Waals surface area (Å²) in [4.78, 5) is 2.01. The molecule has 5 rings (SSSR count). The Morgan fingerprint density at radius 3 is 2.79 bits per heavy atom. The molecule has 154 valence electrons. The maximum absolute atomic E-state index is 14.1. The number of benzene rings is 1. The van der Waals surface area contributed by atoms with E-state index in [0.29, 0.717) is 30.8 Å². The first kappa shape index (κ1) is 18.8. The molecule has 1 aromatic carbocycles. The number of hydrogen-bond acceptors (Lipinski definition) is 6. The monoisotopic (exact) mass is 398 g/mol. The molecule has 0 amide bonds. The molecule has 1 saturated carbocycles. The first-order chi connectivity index (χ1) is 13.9. The number of piperidine rings is 1. The second-order valence-electron chi connectivity index (χ2n) is 8.92.